The molecule has 0 spiro atoms. The number of amides is 1. The lowest BCUT2D eigenvalue weighted by Crippen LogP contribution is -2.43. The van der Waals surface area contributed by atoms with Crippen molar-refractivity contribution in [2.75, 3.05) is 18.5 Å². The highest BCUT2D eigenvalue weighted by molar-refractivity contribution is 7.89. The van der Waals surface area contributed by atoms with Crippen LogP contribution < -0.4 is 5.32 Å². The number of esters is 1. The molecule has 1 N–H and O–H groups in total. The Kier molecular flexibility index (Phi) is 6.04. The van der Waals surface area contributed by atoms with E-state index in [1.807, 2.05) is 0 Å². The van der Waals surface area contributed by atoms with Crippen LogP contribution in [-0.2, 0) is 26.6 Å². The first-order valence-electron chi connectivity index (χ1n) is 9.16. The SMILES string of the molecule is CCOC(=O)c1cc(S(=O)(=O)N2CCC[C@@H]2C(=O)Nc2ccccc2F)cn1C. The number of carbonyl (C=O) groups is 2. The maximum Gasteiger partial charge on any atom is 0.354 e. The van der Waals surface area contributed by atoms with Gasteiger partial charge in [-0.25, -0.2) is 17.6 Å². The average Bonchev–Trinajstić information content (AvgIpc) is 3.31. The zero-order chi connectivity index (χ0) is 21.2. The van der Waals surface area contributed by atoms with Gasteiger partial charge >= 0.3 is 5.97 Å². The Balaban J connectivity index is 1.84. The number of aromatic nitrogens is 1. The van der Waals surface area contributed by atoms with Crippen LogP contribution in [0.1, 0.15) is 30.3 Å². The van der Waals surface area contributed by atoms with Crippen molar-refractivity contribution in [3.8, 4) is 0 Å². The van der Waals surface area contributed by atoms with Crippen LogP contribution in [0.3, 0.4) is 0 Å². The van der Waals surface area contributed by atoms with Gasteiger partial charge in [0, 0.05) is 19.8 Å². The molecule has 2 heterocycles. The van der Waals surface area contributed by atoms with Gasteiger partial charge in [-0.3, -0.25) is 4.79 Å². The summed E-state index contributed by atoms with van der Waals surface area (Å²) in [5.41, 5.74) is 0.0861. The van der Waals surface area contributed by atoms with Crippen molar-refractivity contribution < 1.29 is 27.1 Å². The Bertz CT molecular complexity index is 1030. The molecule has 2 aromatic rings. The maximum absolute atomic E-state index is 13.8. The van der Waals surface area contributed by atoms with Gasteiger partial charge in [-0.1, -0.05) is 12.1 Å². The molecule has 0 unspecified atom stereocenters. The van der Waals surface area contributed by atoms with E-state index in [1.165, 1.54) is 42.1 Å². The van der Waals surface area contributed by atoms with Crippen molar-refractivity contribution >= 4 is 27.6 Å². The van der Waals surface area contributed by atoms with Gasteiger partial charge in [-0.15, -0.1) is 0 Å². The normalized spacial score (nSPS) is 17.3. The van der Waals surface area contributed by atoms with Crippen LogP contribution in [-0.4, -0.2) is 48.4 Å². The predicted molar refractivity (Wildman–Crippen MR) is 103 cm³/mol. The molecule has 156 valence electrons. The number of benzene rings is 1. The van der Waals surface area contributed by atoms with E-state index in [0.29, 0.717) is 12.8 Å². The lowest BCUT2D eigenvalue weighted by atomic mass is 10.2. The van der Waals surface area contributed by atoms with Crippen LogP contribution in [0.25, 0.3) is 0 Å². The molecule has 29 heavy (non-hydrogen) atoms. The molecular formula is C19H22FN3O5S. The first kappa shape index (κ1) is 21.0. The van der Waals surface area contributed by atoms with Gasteiger partial charge in [-0.2, -0.15) is 4.31 Å². The first-order valence-corrected chi connectivity index (χ1v) is 10.6. The molecule has 1 aliphatic rings. The number of anilines is 1. The fourth-order valence-corrected chi connectivity index (χ4v) is 5.02. The summed E-state index contributed by atoms with van der Waals surface area (Å²) in [5.74, 6) is -1.83. The lowest BCUT2D eigenvalue weighted by Gasteiger charge is -2.23. The van der Waals surface area contributed by atoms with E-state index in [9.17, 15) is 22.4 Å². The van der Waals surface area contributed by atoms with Crippen LogP contribution in [0.15, 0.2) is 41.4 Å². The van der Waals surface area contributed by atoms with Crippen molar-refractivity contribution in [2.24, 2.45) is 7.05 Å². The second-order valence-electron chi connectivity index (χ2n) is 6.64. The molecule has 0 aliphatic carbocycles. The van der Waals surface area contributed by atoms with Gasteiger partial charge in [0.25, 0.3) is 0 Å². The van der Waals surface area contributed by atoms with Crippen molar-refractivity contribution in [3.05, 3.63) is 48.0 Å². The highest BCUT2D eigenvalue weighted by Crippen LogP contribution is 2.28. The smallest absolute Gasteiger partial charge is 0.354 e. The van der Waals surface area contributed by atoms with E-state index in [4.69, 9.17) is 4.74 Å². The molecule has 3 rings (SSSR count). The van der Waals surface area contributed by atoms with Crippen LogP contribution >= 0.6 is 0 Å². The molecule has 0 radical (unpaired) electrons. The van der Waals surface area contributed by atoms with Crippen molar-refractivity contribution in [2.45, 2.75) is 30.7 Å². The Hall–Kier alpha value is -2.72. The molecule has 0 bridgehead atoms. The molecule has 1 saturated heterocycles. The first-order chi connectivity index (χ1) is 13.8. The summed E-state index contributed by atoms with van der Waals surface area (Å²) >= 11 is 0. The molecule has 1 aromatic carbocycles. The van der Waals surface area contributed by atoms with Crippen LogP contribution in [0.4, 0.5) is 10.1 Å². The monoisotopic (exact) mass is 423 g/mol. The number of ether oxygens (including phenoxy) is 1. The summed E-state index contributed by atoms with van der Waals surface area (Å²) in [6, 6.07) is 5.95. The minimum Gasteiger partial charge on any atom is -0.461 e. The third kappa shape index (κ3) is 4.18. The third-order valence-electron chi connectivity index (χ3n) is 4.71. The number of rotatable bonds is 6. The molecular weight excluding hydrogens is 401 g/mol. The maximum atomic E-state index is 13.8. The Morgan fingerprint density at radius 1 is 1.31 bits per heavy atom. The van der Waals surface area contributed by atoms with Crippen LogP contribution in [0.2, 0.25) is 0 Å². The van der Waals surface area contributed by atoms with E-state index in [0.717, 1.165) is 4.31 Å². The summed E-state index contributed by atoms with van der Waals surface area (Å²) in [5, 5.41) is 2.46. The number of hydrogen-bond acceptors (Lipinski definition) is 5. The number of nitrogens with zero attached hydrogens (tertiary/aromatic N) is 2. The number of sulfonamides is 1. The summed E-state index contributed by atoms with van der Waals surface area (Å²) in [6.45, 7) is 1.97. The number of halogens is 1. The quantitative estimate of drug-likeness (QED) is 0.718. The predicted octanol–water partition coefficient (Wildman–Crippen LogP) is 2.13. The Labute approximate surface area is 168 Å². The van der Waals surface area contributed by atoms with Gasteiger partial charge in [0.1, 0.15) is 22.4 Å². The van der Waals surface area contributed by atoms with Crippen LogP contribution in [0, 0.1) is 5.82 Å². The molecule has 1 atom stereocenters. The van der Waals surface area contributed by atoms with E-state index >= 15 is 0 Å². The van der Waals surface area contributed by atoms with Gasteiger partial charge in [0.2, 0.25) is 15.9 Å². The zero-order valence-electron chi connectivity index (χ0n) is 16.1. The molecule has 1 aliphatic heterocycles. The topological polar surface area (TPSA) is 97.7 Å². The minimum atomic E-state index is -4.04. The van der Waals surface area contributed by atoms with Crippen LogP contribution in [0.5, 0.6) is 0 Å². The van der Waals surface area contributed by atoms with E-state index < -0.39 is 33.8 Å². The summed E-state index contributed by atoms with van der Waals surface area (Å²) in [4.78, 5) is 24.5. The molecule has 1 aromatic heterocycles. The largest absolute Gasteiger partial charge is 0.461 e. The van der Waals surface area contributed by atoms with Gasteiger partial charge < -0.3 is 14.6 Å². The highest BCUT2D eigenvalue weighted by Gasteiger charge is 2.40. The molecule has 1 fully saturated rings. The molecule has 10 heteroatoms. The number of para-hydroxylation sites is 1. The number of carbonyl (C=O) groups excluding carboxylic acids is 2. The lowest BCUT2D eigenvalue weighted by molar-refractivity contribution is -0.119. The second kappa shape index (κ2) is 8.34. The van der Waals surface area contributed by atoms with Gasteiger partial charge in [0.15, 0.2) is 0 Å². The highest BCUT2D eigenvalue weighted by atomic mass is 32.2. The molecule has 8 nitrogen and oxygen atoms in total. The van der Waals surface area contributed by atoms with Gasteiger partial charge in [-0.05, 0) is 38.0 Å². The second-order valence-corrected chi connectivity index (χ2v) is 8.53. The molecule has 0 saturated carbocycles. The fourth-order valence-electron chi connectivity index (χ4n) is 3.29. The van der Waals surface area contributed by atoms with E-state index in [2.05, 4.69) is 5.32 Å². The Morgan fingerprint density at radius 2 is 2.03 bits per heavy atom. The zero-order valence-corrected chi connectivity index (χ0v) is 16.9. The summed E-state index contributed by atoms with van der Waals surface area (Å²) in [6.07, 6.45) is 2.12. The van der Waals surface area contributed by atoms with Crippen molar-refractivity contribution in [1.29, 1.82) is 0 Å². The fraction of sp³-hybridized carbons (Fsp3) is 0.368. The van der Waals surface area contributed by atoms with Crippen molar-refractivity contribution in [1.82, 2.24) is 8.87 Å². The standard InChI is InChI=1S/C19H22FN3O5S/c1-3-28-19(25)17-11-13(12-22(17)2)29(26,27)23-10-6-9-16(23)18(24)21-15-8-5-4-7-14(15)20/h4-5,7-8,11-12,16H,3,6,9-10H2,1-2H3,(H,21,24)/t16-/m1/s1. The third-order valence-corrected chi connectivity index (χ3v) is 6.58. The number of hydrogen-bond donors (Lipinski definition) is 1. The Morgan fingerprint density at radius 3 is 2.72 bits per heavy atom. The summed E-state index contributed by atoms with van der Waals surface area (Å²) < 4.78 is 47.5. The number of nitrogens with one attached hydrogen (secondary N) is 1. The van der Waals surface area contributed by atoms with Crippen molar-refractivity contribution in [3.63, 3.8) is 0 Å². The number of aryl methyl sites for hydroxylation is 1. The average molecular weight is 423 g/mol. The van der Waals surface area contributed by atoms with E-state index in [1.54, 1.807) is 13.0 Å². The molecule has 1 amide bonds. The summed E-state index contributed by atoms with van der Waals surface area (Å²) in [7, 11) is -2.50. The minimum absolute atomic E-state index is 0.00828. The van der Waals surface area contributed by atoms with E-state index in [-0.39, 0.29) is 29.4 Å². The van der Waals surface area contributed by atoms with Gasteiger partial charge in [0.05, 0.1) is 12.3 Å².